The Kier molecular flexibility index (Phi) is 3.42. The molecular weight excluding hydrogens is 262 g/mol. The van der Waals surface area contributed by atoms with Crippen molar-refractivity contribution in [3.8, 4) is 0 Å². The Hall–Kier alpha value is -1.56. The number of Topliss-reactive ketones (excluding diaryl/α,β-unsaturated/α-hetero) is 1. The molecule has 0 radical (unpaired) electrons. The summed E-state index contributed by atoms with van der Waals surface area (Å²) in [4.78, 5) is 20.0. The molecule has 0 aliphatic heterocycles. The van der Waals surface area contributed by atoms with E-state index in [2.05, 4.69) is 15.1 Å². The number of aryl methyl sites for hydroxylation is 1. The molecule has 5 nitrogen and oxygen atoms in total. The Labute approximate surface area is 115 Å². The quantitative estimate of drug-likeness (QED) is 0.862. The van der Waals surface area contributed by atoms with Crippen LogP contribution in [0, 0.1) is 6.92 Å². The summed E-state index contributed by atoms with van der Waals surface area (Å²) in [7, 11) is 0. The number of aromatic nitrogens is 3. The van der Waals surface area contributed by atoms with Crippen molar-refractivity contribution in [2.45, 2.75) is 44.9 Å². The first-order valence-electron chi connectivity index (χ1n) is 6.46. The number of carbonyl (C=O) groups is 1. The molecule has 0 unspecified atom stereocenters. The van der Waals surface area contributed by atoms with Gasteiger partial charge in [-0.2, -0.15) is 4.98 Å². The van der Waals surface area contributed by atoms with Gasteiger partial charge in [-0.1, -0.05) is 5.16 Å². The fourth-order valence-corrected chi connectivity index (χ4v) is 2.96. The molecule has 2 heterocycles. The summed E-state index contributed by atoms with van der Waals surface area (Å²) in [6.45, 7) is 1.98. The van der Waals surface area contributed by atoms with Crippen LogP contribution < -0.4 is 0 Å². The molecule has 1 aliphatic carbocycles. The Bertz CT molecular complexity index is 580. The third-order valence-corrected chi connectivity index (χ3v) is 4.20. The Morgan fingerprint density at radius 3 is 2.84 bits per heavy atom. The molecule has 6 heteroatoms. The molecule has 100 valence electrons. The van der Waals surface area contributed by atoms with Gasteiger partial charge >= 0.3 is 0 Å². The lowest BCUT2D eigenvalue weighted by Gasteiger charge is -2.16. The molecule has 3 rings (SSSR count). The first-order valence-corrected chi connectivity index (χ1v) is 7.34. The van der Waals surface area contributed by atoms with Crippen LogP contribution in [0.4, 0.5) is 0 Å². The van der Waals surface area contributed by atoms with E-state index < -0.39 is 0 Å². The van der Waals surface area contributed by atoms with E-state index in [1.807, 2.05) is 12.3 Å². The number of rotatable bonds is 3. The highest BCUT2D eigenvalue weighted by atomic mass is 32.1. The third-order valence-electron chi connectivity index (χ3n) is 3.38. The van der Waals surface area contributed by atoms with Crippen molar-refractivity contribution in [1.82, 2.24) is 15.1 Å². The van der Waals surface area contributed by atoms with Crippen LogP contribution in [0.15, 0.2) is 9.90 Å². The SMILES string of the molecule is Cc1nc(Cc2noc(C3CCC(=O)CC3)n2)cs1. The van der Waals surface area contributed by atoms with Crippen LogP contribution in [0.5, 0.6) is 0 Å². The number of carbonyl (C=O) groups excluding carboxylic acids is 1. The van der Waals surface area contributed by atoms with Crippen LogP contribution in [0.2, 0.25) is 0 Å². The van der Waals surface area contributed by atoms with Crippen LogP contribution in [-0.2, 0) is 11.2 Å². The van der Waals surface area contributed by atoms with E-state index in [0.717, 1.165) is 23.5 Å². The summed E-state index contributed by atoms with van der Waals surface area (Å²) in [5.74, 6) is 1.94. The molecule has 1 saturated carbocycles. The Morgan fingerprint density at radius 1 is 1.37 bits per heavy atom. The van der Waals surface area contributed by atoms with Crippen molar-refractivity contribution in [2.24, 2.45) is 0 Å². The predicted molar refractivity (Wildman–Crippen MR) is 70.2 cm³/mol. The average Bonchev–Trinajstić information content (AvgIpc) is 3.00. The van der Waals surface area contributed by atoms with Crippen LogP contribution in [0.3, 0.4) is 0 Å². The van der Waals surface area contributed by atoms with Crippen LogP contribution >= 0.6 is 11.3 Å². The molecule has 1 fully saturated rings. The maximum atomic E-state index is 11.2. The summed E-state index contributed by atoms with van der Waals surface area (Å²) in [6, 6.07) is 0. The van der Waals surface area contributed by atoms with Crippen LogP contribution in [0.25, 0.3) is 0 Å². The van der Waals surface area contributed by atoms with E-state index in [9.17, 15) is 4.79 Å². The molecule has 2 aromatic heterocycles. The predicted octanol–water partition coefficient (Wildman–Crippen LogP) is 2.65. The monoisotopic (exact) mass is 277 g/mol. The topological polar surface area (TPSA) is 68.9 Å². The molecule has 0 amide bonds. The second-order valence-electron chi connectivity index (χ2n) is 4.90. The van der Waals surface area contributed by atoms with Gasteiger partial charge in [0.1, 0.15) is 5.78 Å². The molecule has 0 atom stereocenters. The van der Waals surface area contributed by atoms with Crippen molar-refractivity contribution < 1.29 is 9.32 Å². The lowest BCUT2D eigenvalue weighted by atomic mass is 9.88. The maximum Gasteiger partial charge on any atom is 0.229 e. The minimum Gasteiger partial charge on any atom is -0.339 e. The van der Waals surface area contributed by atoms with Gasteiger partial charge in [0, 0.05) is 24.1 Å². The molecule has 0 bridgehead atoms. The van der Waals surface area contributed by atoms with Crippen molar-refractivity contribution in [2.75, 3.05) is 0 Å². The zero-order chi connectivity index (χ0) is 13.2. The van der Waals surface area contributed by atoms with E-state index in [0.29, 0.717) is 36.8 Å². The number of nitrogens with zero attached hydrogens (tertiary/aromatic N) is 3. The Morgan fingerprint density at radius 2 is 2.16 bits per heavy atom. The van der Waals surface area contributed by atoms with Gasteiger partial charge in [0.25, 0.3) is 0 Å². The lowest BCUT2D eigenvalue weighted by molar-refractivity contribution is -0.120. The number of ketones is 1. The van der Waals surface area contributed by atoms with Crippen LogP contribution in [0.1, 0.15) is 54.0 Å². The van der Waals surface area contributed by atoms with Crippen molar-refractivity contribution in [3.63, 3.8) is 0 Å². The minimum atomic E-state index is 0.246. The zero-order valence-electron chi connectivity index (χ0n) is 10.8. The highest BCUT2D eigenvalue weighted by molar-refractivity contribution is 7.09. The zero-order valence-corrected chi connectivity index (χ0v) is 11.6. The van der Waals surface area contributed by atoms with Crippen molar-refractivity contribution in [3.05, 3.63) is 27.8 Å². The molecular formula is C13H15N3O2S. The smallest absolute Gasteiger partial charge is 0.229 e. The third kappa shape index (κ3) is 2.89. The summed E-state index contributed by atoms with van der Waals surface area (Å²) < 4.78 is 5.32. The summed E-state index contributed by atoms with van der Waals surface area (Å²) >= 11 is 1.62. The van der Waals surface area contributed by atoms with E-state index in [-0.39, 0.29) is 5.92 Å². The van der Waals surface area contributed by atoms with E-state index >= 15 is 0 Å². The molecule has 1 aliphatic rings. The van der Waals surface area contributed by atoms with Crippen molar-refractivity contribution >= 4 is 17.1 Å². The minimum absolute atomic E-state index is 0.246. The molecule has 0 saturated heterocycles. The standard InChI is InChI=1S/C13H15N3O2S/c1-8-14-10(7-19-8)6-12-15-13(18-16-12)9-2-4-11(17)5-3-9/h7,9H,2-6H2,1H3. The normalized spacial score (nSPS) is 17.0. The van der Waals surface area contributed by atoms with Gasteiger partial charge in [-0.3, -0.25) is 4.79 Å². The van der Waals surface area contributed by atoms with Gasteiger partial charge < -0.3 is 4.52 Å². The second-order valence-corrected chi connectivity index (χ2v) is 5.96. The molecule has 19 heavy (non-hydrogen) atoms. The lowest BCUT2D eigenvalue weighted by Crippen LogP contribution is -2.12. The molecule has 2 aromatic rings. The highest BCUT2D eigenvalue weighted by Crippen LogP contribution is 2.30. The number of hydrogen-bond acceptors (Lipinski definition) is 6. The first-order chi connectivity index (χ1) is 9.20. The molecule has 0 aromatic carbocycles. The summed E-state index contributed by atoms with van der Waals surface area (Å²) in [5.41, 5.74) is 0.980. The van der Waals surface area contributed by atoms with Gasteiger partial charge in [-0.15, -0.1) is 11.3 Å². The Balaban J connectivity index is 1.67. The number of thiazole rings is 1. The first kappa shape index (κ1) is 12.5. The van der Waals surface area contributed by atoms with E-state index in [1.165, 1.54) is 0 Å². The molecule has 0 spiro atoms. The second kappa shape index (κ2) is 5.21. The van der Waals surface area contributed by atoms with Gasteiger partial charge in [-0.05, 0) is 19.8 Å². The van der Waals surface area contributed by atoms with Gasteiger partial charge in [0.05, 0.1) is 17.1 Å². The largest absolute Gasteiger partial charge is 0.339 e. The average molecular weight is 277 g/mol. The summed E-state index contributed by atoms with van der Waals surface area (Å²) in [5, 5.41) is 7.07. The fourth-order valence-electron chi connectivity index (χ4n) is 2.34. The van der Waals surface area contributed by atoms with Gasteiger partial charge in [-0.25, -0.2) is 4.98 Å². The van der Waals surface area contributed by atoms with Crippen molar-refractivity contribution in [1.29, 1.82) is 0 Å². The van der Waals surface area contributed by atoms with Gasteiger partial charge in [0.2, 0.25) is 5.89 Å². The van der Waals surface area contributed by atoms with Crippen LogP contribution in [-0.4, -0.2) is 20.9 Å². The fraction of sp³-hybridized carbons (Fsp3) is 0.538. The number of hydrogen-bond donors (Lipinski definition) is 0. The van der Waals surface area contributed by atoms with E-state index in [1.54, 1.807) is 11.3 Å². The highest BCUT2D eigenvalue weighted by Gasteiger charge is 2.25. The van der Waals surface area contributed by atoms with E-state index in [4.69, 9.17) is 4.52 Å². The molecule has 0 N–H and O–H groups in total. The maximum absolute atomic E-state index is 11.2. The summed E-state index contributed by atoms with van der Waals surface area (Å²) in [6.07, 6.45) is 3.54. The van der Waals surface area contributed by atoms with Gasteiger partial charge in [0.15, 0.2) is 5.82 Å².